The number of nitrogens with one attached hydrogen (secondary N) is 1. The van der Waals surface area contributed by atoms with Gasteiger partial charge in [0.1, 0.15) is 6.10 Å². The van der Waals surface area contributed by atoms with E-state index in [0.29, 0.717) is 26.3 Å². The second-order valence-corrected chi connectivity index (χ2v) is 12.8. The van der Waals surface area contributed by atoms with Crippen molar-refractivity contribution in [3.8, 4) is 0 Å². The molecule has 42 heavy (non-hydrogen) atoms. The molecule has 0 aromatic carbocycles. The lowest BCUT2D eigenvalue weighted by Gasteiger charge is -2.34. The van der Waals surface area contributed by atoms with Crippen molar-refractivity contribution in [2.24, 2.45) is 0 Å². The smallest absolute Gasteiger partial charge is 0.308 e. The van der Waals surface area contributed by atoms with Crippen LogP contribution in [0, 0.1) is 0 Å². The van der Waals surface area contributed by atoms with Gasteiger partial charge in [-0.05, 0) is 32.1 Å². The summed E-state index contributed by atoms with van der Waals surface area (Å²) in [5.74, 6) is -0.221. The Morgan fingerprint density at radius 3 is 1.67 bits per heavy atom. The predicted octanol–water partition coefficient (Wildman–Crippen LogP) is 9.14. The van der Waals surface area contributed by atoms with Crippen LogP contribution < -0.4 is 5.32 Å². The zero-order chi connectivity index (χ0) is 30.7. The fraction of sp³-hybridized carbons (Fsp3) is 0.944. The average molecular weight is 595 g/mol. The highest BCUT2D eigenvalue weighted by atomic mass is 16.5. The Balaban J connectivity index is 2.72. The van der Waals surface area contributed by atoms with Gasteiger partial charge in [0.05, 0.1) is 25.7 Å². The molecule has 0 aliphatic carbocycles. The Labute approximate surface area is 260 Å². The molecule has 1 amide bonds. The fourth-order valence-corrected chi connectivity index (χ4v) is 6.09. The standard InChI is InChI=1S/C36H70N2O4/c1-5-9-13-15-16-17-19-22-26-33(25-12-8-4)42-35(39)31-34(38-27-29-41-30-28-38)36(40)37-32(23-20-11-7-3)24-21-18-14-10-6-2/h32-34H,5-31H2,1-4H3,(H,37,40). The van der Waals surface area contributed by atoms with Gasteiger partial charge in [-0.25, -0.2) is 0 Å². The topological polar surface area (TPSA) is 67.9 Å². The average Bonchev–Trinajstić information content (AvgIpc) is 3.00. The Kier molecular flexibility index (Phi) is 25.4. The number of unbranched alkanes of at least 4 members (excludes halogenated alkanes) is 14. The number of nitrogens with zero attached hydrogens (tertiary/aromatic N) is 1. The van der Waals surface area contributed by atoms with Crippen molar-refractivity contribution in [3.63, 3.8) is 0 Å². The van der Waals surface area contributed by atoms with Crippen molar-refractivity contribution >= 4 is 11.9 Å². The molecule has 1 fully saturated rings. The van der Waals surface area contributed by atoms with Gasteiger partial charge in [0, 0.05) is 19.1 Å². The molecule has 0 radical (unpaired) electrons. The first-order valence-electron chi connectivity index (χ1n) is 18.4. The van der Waals surface area contributed by atoms with Crippen molar-refractivity contribution in [2.75, 3.05) is 26.3 Å². The molecule has 1 rings (SSSR count). The summed E-state index contributed by atoms with van der Waals surface area (Å²) in [6, 6.07) is -0.297. The van der Waals surface area contributed by atoms with Crippen LogP contribution >= 0.6 is 0 Å². The molecule has 1 saturated heterocycles. The fourth-order valence-electron chi connectivity index (χ4n) is 6.09. The second kappa shape index (κ2) is 27.4. The van der Waals surface area contributed by atoms with Gasteiger partial charge in [-0.3, -0.25) is 14.5 Å². The predicted molar refractivity (Wildman–Crippen MR) is 177 cm³/mol. The molecule has 1 N–H and O–H groups in total. The normalized spacial score (nSPS) is 16.2. The highest BCUT2D eigenvalue weighted by Crippen LogP contribution is 2.19. The van der Waals surface area contributed by atoms with E-state index in [2.05, 4.69) is 37.9 Å². The van der Waals surface area contributed by atoms with Crippen molar-refractivity contribution in [2.45, 2.75) is 194 Å². The maximum Gasteiger partial charge on any atom is 0.308 e. The Hall–Kier alpha value is -1.14. The summed E-state index contributed by atoms with van der Waals surface area (Å²) >= 11 is 0. The van der Waals surface area contributed by atoms with Crippen molar-refractivity contribution in [1.82, 2.24) is 10.2 Å². The number of hydrogen-bond acceptors (Lipinski definition) is 5. The van der Waals surface area contributed by atoms with E-state index in [4.69, 9.17) is 9.47 Å². The van der Waals surface area contributed by atoms with E-state index in [1.165, 1.54) is 83.5 Å². The Morgan fingerprint density at radius 1 is 0.643 bits per heavy atom. The molecule has 1 heterocycles. The maximum absolute atomic E-state index is 13.8. The van der Waals surface area contributed by atoms with Crippen molar-refractivity contribution in [1.29, 1.82) is 0 Å². The maximum atomic E-state index is 13.8. The van der Waals surface area contributed by atoms with Crippen LogP contribution in [0.2, 0.25) is 0 Å². The molecule has 3 atom stereocenters. The lowest BCUT2D eigenvalue weighted by Crippen LogP contribution is -2.54. The molecule has 248 valence electrons. The third-order valence-electron chi connectivity index (χ3n) is 8.87. The first kappa shape index (κ1) is 38.9. The zero-order valence-electron chi connectivity index (χ0n) is 28.4. The third-order valence-corrected chi connectivity index (χ3v) is 8.87. The minimum absolute atomic E-state index is 0.00270. The first-order chi connectivity index (χ1) is 20.5. The van der Waals surface area contributed by atoms with Crippen molar-refractivity contribution < 1.29 is 19.1 Å². The molecule has 0 aromatic heterocycles. The van der Waals surface area contributed by atoms with E-state index in [0.717, 1.165) is 57.8 Å². The lowest BCUT2D eigenvalue weighted by molar-refractivity contribution is -0.154. The van der Waals surface area contributed by atoms with Gasteiger partial charge < -0.3 is 14.8 Å². The summed E-state index contributed by atoms with van der Waals surface area (Å²) in [6.07, 6.45) is 26.1. The molecule has 6 heteroatoms. The third kappa shape index (κ3) is 19.9. The van der Waals surface area contributed by atoms with Crippen LogP contribution in [0.1, 0.15) is 175 Å². The SMILES string of the molecule is CCCCCCCCCCC(CCCC)OC(=O)CC(C(=O)NC(CCCCC)CCCCCCC)N1CCOCC1. The van der Waals surface area contributed by atoms with E-state index in [9.17, 15) is 9.59 Å². The number of esters is 1. The summed E-state index contributed by atoms with van der Waals surface area (Å²) in [5.41, 5.74) is 0. The zero-order valence-corrected chi connectivity index (χ0v) is 28.4. The molecular formula is C36H70N2O4. The molecule has 0 saturated carbocycles. The Morgan fingerprint density at radius 2 is 1.10 bits per heavy atom. The lowest BCUT2D eigenvalue weighted by atomic mass is 10.00. The molecule has 0 spiro atoms. The number of amides is 1. The highest BCUT2D eigenvalue weighted by Gasteiger charge is 2.32. The van der Waals surface area contributed by atoms with Gasteiger partial charge in [0.2, 0.25) is 5.91 Å². The van der Waals surface area contributed by atoms with Gasteiger partial charge in [0.25, 0.3) is 0 Å². The van der Waals surface area contributed by atoms with Gasteiger partial charge in [-0.15, -0.1) is 0 Å². The van der Waals surface area contributed by atoms with Crippen LogP contribution in [0.15, 0.2) is 0 Å². The van der Waals surface area contributed by atoms with Gasteiger partial charge in [-0.2, -0.15) is 0 Å². The molecule has 0 aromatic rings. The minimum atomic E-state index is -0.481. The molecule has 3 unspecified atom stereocenters. The first-order valence-corrected chi connectivity index (χ1v) is 18.4. The van der Waals surface area contributed by atoms with E-state index in [1.54, 1.807) is 0 Å². The summed E-state index contributed by atoms with van der Waals surface area (Å²) < 4.78 is 11.7. The van der Waals surface area contributed by atoms with E-state index in [-0.39, 0.29) is 30.4 Å². The van der Waals surface area contributed by atoms with Crippen LogP contribution in [0.4, 0.5) is 0 Å². The molecule has 6 nitrogen and oxygen atoms in total. The summed E-state index contributed by atoms with van der Waals surface area (Å²) in [4.78, 5) is 29.2. The van der Waals surface area contributed by atoms with Gasteiger partial charge in [-0.1, -0.05) is 137 Å². The molecule has 1 aliphatic rings. The summed E-state index contributed by atoms with van der Waals surface area (Å²) in [5, 5.41) is 3.39. The number of rotatable bonds is 28. The number of carbonyl (C=O) groups is 2. The van der Waals surface area contributed by atoms with E-state index < -0.39 is 6.04 Å². The van der Waals surface area contributed by atoms with Crippen LogP contribution in [0.5, 0.6) is 0 Å². The quantitative estimate of drug-likeness (QED) is 0.0723. The van der Waals surface area contributed by atoms with Gasteiger partial charge in [0.15, 0.2) is 0 Å². The van der Waals surface area contributed by atoms with Crippen LogP contribution in [-0.4, -0.2) is 61.3 Å². The molecule has 1 aliphatic heterocycles. The van der Waals surface area contributed by atoms with Crippen LogP contribution in [-0.2, 0) is 19.1 Å². The molecular weight excluding hydrogens is 524 g/mol. The van der Waals surface area contributed by atoms with Crippen molar-refractivity contribution in [3.05, 3.63) is 0 Å². The summed E-state index contributed by atoms with van der Waals surface area (Å²) in [6.45, 7) is 11.5. The highest BCUT2D eigenvalue weighted by molar-refractivity contribution is 5.86. The second-order valence-electron chi connectivity index (χ2n) is 12.8. The Bertz CT molecular complexity index is 638. The van der Waals surface area contributed by atoms with E-state index in [1.807, 2.05) is 0 Å². The summed E-state index contributed by atoms with van der Waals surface area (Å²) in [7, 11) is 0. The number of ether oxygens (including phenoxy) is 2. The number of hydrogen-bond donors (Lipinski definition) is 1. The van der Waals surface area contributed by atoms with Crippen LogP contribution in [0.3, 0.4) is 0 Å². The van der Waals surface area contributed by atoms with E-state index >= 15 is 0 Å². The largest absolute Gasteiger partial charge is 0.462 e. The number of morpholine rings is 1. The van der Waals surface area contributed by atoms with Gasteiger partial charge >= 0.3 is 5.97 Å². The monoisotopic (exact) mass is 595 g/mol. The number of carbonyl (C=O) groups excluding carboxylic acids is 2. The molecule has 0 bridgehead atoms. The minimum Gasteiger partial charge on any atom is -0.462 e. The van der Waals surface area contributed by atoms with Crippen LogP contribution in [0.25, 0.3) is 0 Å².